The Morgan fingerprint density at radius 3 is 2.83 bits per heavy atom. The first kappa shape index (κ1) is 16.7. The predicted molar refractivity (Wildman–Crippen MR) is 90.5 cm³/mol. The van der Waals surface area contributed by atoms with Crippen LogP contribution in [0.5, 0.6) is 0 Å². The first-order valence-corrected chi connectivity index (χ1v) is 8.19. The molecule has 0 aliphatic carbocycles. The van der Waals surface area contributed by atoms with E-state index >= 15 is 0 Å². The summed E-state index contributed by atoms with van der Waals surface area (Å²) in [6, 6.07) is 5.70. The molecule has 1 spiro atoms. The second-order valence-corrected chi connectivity index (χ2v) is 6.43. The molecule has 1 unspecified atom stereocenters. The SMILES string of the molecule is CN=C(NCC(=O)Nc1ccc(F)cc1)N1CCC2(CCOC2)C1. The van der Waals surface area contributed by atoms with Crippen molar-refractivity contribution in [3.63, 3.8) is 0 Å². The highest BCUT2D eigenvalue weighted by Crippen LogP contribution is 2.38. The van der Waals surface area contributed by atoms with Gasteiger partial charge in [0.15, 0.2) is 5.96 Å². The molecule has 7 heteroatoms. The number of nitrogens with one attached hydrogen (secondary N) is 2. The number of hydrogen-bond donors (Lipinski definition) is 2. The molecule has 0 aromatic heterocycles. The van der Waals surface area contributed by atoms with Crippen LogP contribution in [-0.4, -0.2) is 56.7 Å². The summed E-state index contributed by atoms with van der Waals surface area (Å²) in [6.45, 7) is 3.59. The zero-order valence-electron chi connectivity index (χ0n) is 13.8. The fraction of sp³-hybridized carbons (Fsp3) is 0.529. The van der Waals surface area contributed by atoms with Crippen molar-refractivity contribution in [2.45, 2.75) is 12.8 Å². The molecule has 3 rings (SSSR count). The normalized spacial score (nSPS) is 23.8. The lowest BCUT2D eigenvalue weighted by atomic mass is 9.87. The first-order valence-electron chi connectivity index (χ1n) is 8.19. The van der Waals surface area contributed by atoms with E-state index in [1.54, 1.807) is 7.05 Å². The third-order valence-electron chi connectivity index (χ3n) is 4.67. The number of benzene rings is 1. The van der Waals surface area contributed by atoms with Gasteiger partial charge in [-0.3, -0.25) is 9.79 Å². The lowest BCUT2D eigenvalue weighted by Crippen LogP contribution is -2.44. The summed E-state index contributed by atoms with van der Waals surface area (Å²) in [4.78, 5) is 18.5. The van der Waals surface area contributed by atoms with Crippen molar-refractivity contribution in [3.8, 4) is 0 Å². The van der Waals surface area contributed by atoms with Gasteiger partial charge in [0.25, 0.3) is 0 Å². The minimum atomic E-state index is -0.328. The molecule has 2 saturated heterocycles. The molecular weight excluding hydrogens is 311 g/mol. The third-order valence-corrected chi connectivity index (χ3v) is 4.67. The lowest BCUT2D eigenvalue weighted by molar-refractivity contribution is -0.115. The second-order valence-electron chi connectivity index (χ2n) is 6.43. The van der Waals surface area contributed by atoms with Crippen LogP contribution in [0.15, 0.2) is 29.3 Å². The summed E-state index contributed by atoms with van der Waals surface area (Å²) < 4.78 is 18.4. The molecule has 2 aliphatic rings. The van der Waals surface area contributed by atoms with Gasteiger partial charge in [-0.15, -0.1) is 0 Å². The average molecular weight is 334 g/mol. The molecule has 2 fully saturated rings. The maximum absolute atomic E-state index is 12.9. The third kappa shape index (κ3) is 3.84. The van der Waals surface area contributed by atoms with Gasteiger partial charge in [0, 0.05) is 37.8 Å². The summed E-state index contributed by atoms with van der Waals surface area (Å²) >= 11 is 0. The number of guanidine groups is 1. The summed E-state index contributed by atoms with van der Waals surface area (Å²) in [6.07, 6.45) is 2.18. The van der Waals surface area contributed by atoms with E-state index in [1.165, 1.54) is 24.3 Å². The molecule has 2 aliphatic heterocycles. The van der Waals surface area contributed by atoms with E-state index < -0.39 is 0 Å². The van der Waals surface area contributed by atoms with Crippen molar-refractivity contribution >= 4 is 17.6 Å². The molecule has 1 aromatic carbocycles. The van der Waals surface area contributed by atoms with Crippen LogP contribution < -0.4 is 10.6 Å². The van der Waals surface area contributed by atoms with Crippen molar-refractivity contribution < 1.29 is 13.9 Å². The van der Waals surface area contributed by atoms with Gasteiger partial charge >= 0.3 is 0 Å². The van der Waals surface area contributed by atoms with Crippen LogP contribution in [0, 0.1) is 11.2 Å². The van der Waals surface area contributed by atoms with Crippen LogP contribution in [0.25, 0.3) is 0 Å². The monoisotopic (exact) mass is 334 g/mol. The molecule has 0 bridgehead atoms. The summed E-state index contributed by atoms with van der Waals surface area (Å²) in [5, 5.41) is 5.82. The number of hydrogen-bond acceptors (Lipinski definition) is 3. The number of carbonyl (C=O) groups excluding carboxylic acids is 1. The minimum Gasteiger partial charge on any atom is -0.381 e. The van der Waals surface area contributed by atoms with Crippen LogP contribution in [0.2, 0.25) is 0 Å². The lowest BCUT2D eigenvalue weighted by Gasteiger charge is -2.24. The smallest absolute Gasteiger partial charge is 0.243 e. The van der Waals surface area contributed by atoms with Gasteiger partial charge in [-0.25, -0.2) is 4.39 Å². The largest absolute Gasteiger partial charge is 0.381 e. The Labute approximate surface area is 141 Å². The van der Waals surface area contributed by atoms with Crippen molar-refractivity contribution in [1.82, 2.24) is 10.2 Å². The quantitative estimate of drug-likeness (QED) is 0.649. The zero-order chi connectivity index (χ0) is 17.0. The van der Waals surface area contributed by atoms with E-state index in [2.05, 4.69) is 20.5 Å². The van der Waals surface area contributed by atoms with E-state index in [-0.39, 0.29) is 23.7 Å². The Morgan fingerprint density at radius 1 is 1.38 bits per heavy atom. The molecule has 0 saturated carbocycles. The van der Waals surface area contributed by atoms with Crippen LogP contribution in [0.3, 0.4) is 0 Å². The standard InChI is InChI=1S/C17H23FN4O2/c1-19-16(22-8-6-17(11-22)7-9-24-12-17)20-10-15(23)21-14-4-2-13(18)3-5-14/h2-5H,6-12H2,1H3,(H,19,20)(H,21,23). The molecule has 1 amide bonds. The highest BCUT2D eigenvalue weighted by Gasteiger charge is 2.42. The van der Waals surface area contributed by atoms with E-state index in [1.807, 2.05) is 0 Å². The maximum atomic E-state index is 12.9. The molecule has 6 nitrogen and oxygen atoms in total. The molecule has 1 atom stereocenters. The average Bonchev–Trinajstić information content (AvgIpc) is 3.21. The van der Waals surface area contributed by atoms with Gasteiger partial charge in [-0.1, -0.05) is 0 Å². The Bertz CT molecular complexity index is 612. The topological polar surface area (TPSA) is 66.0 Å². The van der Waals surface area contributed by atoms with E-state index in [4.69, 9.17) is 4.74 Å². The molecule has 1 aromatic rings. The number of halogens is 1. The minimum absolute atomic E-state index is 0.115. The van der Waals surface area contributed by atoms with Crippen LogP contribution in [-0.2, 0) is 9.53 Å². The number of carbonyl (C=O) groups is 1. The summed E-state index contributed by atoms with van der Waals surface area (Å²) in [5.41, 5.74) is 0.815. The maximum Gasteiger partial charge on any atom is 0.243 e. The molecule has 130 valence electrons. The number of ether oxygens (including phenoxy) is 1. The highest BCUT2D eigenvalue weighted by atomic mass is 19.1. The zero-order valence-corrected chi connectivity index (χ0v) is 13.8. The van der Waals surface area contributed by atoms with Crippen LogP contribution >= 0.6 is 0 Å². The molecule has 2 heterocycles. The number of amides is 1. The van der Waals surface area contributed by atoms with Crippen molar-refractivity contribution in [1.29, 1.82) is 0 Å². The summed E-state index contributed by atoms with van der Waals surface area (Å²) in [5.74, 6) is 0.208. The number of anilines is 1. The van der Waals surface area contributed by atoms with Gasteiger partial charge in [0.1, 0.15) is 5.82 Å². The van der Waals surface area contributed by atoms with Gasteiger partial charge in [0.2, 0.25) is 5.91 Å². The Morgan fingerprint density at radius 2 is 2.17 bits per heavy atom. The van der Waals surface area contributed by atoms with Crippen molar-refractivity contribution in [2.24, 2.45) is 10.4 Å². The summed E-state index contributed by atoms with van der Waals surface area (Å²) in [7, 11) is 1.72. The first-order chi connectivity index (χ1) is 11.6. The van der Waals surface area contributed by atoms with Crippen LogP contribution in [0.4, 0.5) is 10.1 Å². The molecule has 0 radical (unpaired) electrons. The second kappa shape index (κ2) is 7.17. The van der Waals surface area contributed by atoms with Gasteiger partial charge in [0.05, 0.1) is 13.2 Å². The van der Waals surface area contributed by atoms with Crippen LogP contribution in [0.1, 0.15) is 12.8 Å². The van der Waals surface area contributed by atoms with E-state index in [0.717, 1.165) is 45.1 Å². The number of nitrogens with zero attached hydrogens (tertiary/aromatic N) is 2. The molecular formula is C17H23FN4O2. The Kier molecular flexibility index (Phi) is 4.99. The van der Waals surface area contributed by atoms with E-state index in [9.17, 15) is 9.18 Å². The fourth-order valence-electron chi connectivity index (χ4n) is 3.32. The number of likely N-dealkylation sites (tertiary alicyclic amines) is 1. The predicted octanol–water partition coefficient (Wildman–Crippen LogP) is 1.45. The van der Waals surface area contributed by atoms with E-state index in [0.29, 0.717) is 5.69 Å². The van der Waals surface area contributed by atoms with Crippen molar-refractivity contribution in [2.75, 3.05) is 45.2 Å². The van der Waals surface area contributed by atoms with Crippen molar-refractivity contribution in [3.05, 3.63) is 30.1 Å². The van der Waals surface area contributed by atoms with Gasteiger partial charge in [-0.05, 0) is 37.1 Å². The number of rotatable bonds is 3. The Hall–Kier alpha value is -2.15. The van der Waals surface area contributed by atoms with Gasteiger partial charge < -0.3 is 20.3 Å². The fourth-order valence-corrected chi connectivity index (χ4v) is 3.32. The molecule has 24 heavy (non-hydrogen) atoms. The Balaban J connectivity index is 1.49. The molecule has 2 N–H and O–H groups in total. The number of aliphatic imine (C=N–C) groups is 1. The van der Waals surface area contributed by atoms with Gasteiger partial charge in [-0.2, -0.15) is 0 Å². The highest BCUT2D eigenvalue weighted by molar-refractivity contribution is 5.95.